The van der Waals surface area contributed by atoms with Gasteiger partial charge in [-0.05, 0) is 56.8 Å². The smallest absolute Gasteiger partial charge is 0.410 e. The van der Waals surface area contributed by atoms with Gasteiger partial charge < -0.3 is 9.64 Å². The number of carbonyl (C=O) groups is 1. The van der Waals surface area contributed by atoms with Crippen molar-refractivity contribution in [2.45, 2.75) is 42.3 Å². The molecule has 3 heterocycles. The highest BCUT2D eigenvalue weighted by atomic mass is 32.3. The van der Waals surface area contributed by atoms with E-state index < -0.39 is 31.7 Å². The van der Waals surface area contributed by atoms with E-state index >= 15 is 0 Å². The molecular weight excluding hydrogens is 579 g/mol. The first-order chi connectivity index (χ1) is 18.3. The summed E-state index contributed by atoms with van der Waals surface area (Å²) in [6.45, 7) is 6.27. The van der Waals surface area contributed by atoms with Gasteiger partial charge in [-0.25, -0.2) is 21.6 Å². The summed E-state index contributed by atoms with van der Waals surface area (Å²) in [6.07, 6.45) is 1.90. The first kappa shape index (κ1) is 27.8. The average Bonchev–Trinajstić information content (AvgIpc) is 3.49. The molecule has 2 aromatic carbocycles. The normalized spacial score (nSPS) is 19.9. The van der Waals surface area contributed by atoms with Crippen LogP contribution in [0.25, 0.3) is 10.1 Å². The van der Waals surface area contributed by atoms with Gasteiger partial charge in [-0.3, -0.25) is 9.44 Å². The molecule has 9 nitrogen and oxygen atoms in total. The number of likely N-dealkylation sites (tertiary alicyclic amines) is 1. The maximum Gasteiger partial charge on any atom is 0.410 e. The van der Waals surface area contributed by atoms with Gasteiger partial charge in [0.1, 0.15) is 14.0 Å². The zero-order valence-corrected chi connectivity index (χ0v) is 24.8. The van der Waals surface area contributed by atoms with E-state index in [2.05, 4.69) is 9.44 Å². The Morgan fingerprint density at radius 1 is 0.974 bits per heavy atom. The van der Waals surface area contributed by atoms with Gasteiger partial charge in [0.2, 0.25) is 0 Å². The fourth-order valence-corrected chi connectivity index (χ4v) is 9.93. The van der Waals surface area contributed by atoms with Gasteiger partial charge >= 0.3 is 6.09 Å². The van der Waals surface area contributed by atoms with Crippen molar-refractivity contribution < 1.29 is 26.4 Å². The van der Waals surface area contributed by atoms with Crippen LogP contribution in [-0.4, -0.2) is 51.8 Å². The minimum absolute atomic E-state index is 0.0250. The number of hydrogen-bond donors (Lipinski definition) is 2. The number of nitrogens with zero attached hydrogens (tertiary/aromatic N) is 1. The number of para-hydroxylation sites is 2. The number of anilines is 2. The molecule has 5 rings (SSSR count). The van der Waals surface area contributed by atoms with Crippen LogP contribution in [0.15, 0.2) is 69.1 Å². The second kappa shape index (κ2) is 10.3. The standard InChI is InChI=1S/C26H29N3O6S4/c1-26(2,3)35-25(30)29-13-12-22-18(16-29)15-24(37-22)39(33,34)28-20-10-6-5-9-19(20)27-38(31,32)23-14-17-8-4-7-11-21(17)36-23/h4-11,14-15,18,22,27-28H,12-13,16H2,1-3H3. The molecule has 2 aliphatic heterocycles. The van der Waals surface area contributed by atoms with Crippen molar-refractivity contribution in [1.29, 1.82) is 0 Å². The number of nitrogens with one attached hydrogen (secondary N) is 2. The van der Waals surface area contributed by atoms with E-state index in [1.807, 2.05) is 24.3 Å². The van der Waals surface area contributed by atoms with Gasteiger partial charge in [0.15, 0.2) is 0 Å². The molecule has 2 unspecified atom stereocenters. The quantitative estimate of drug-likeness (QED) is 0.371. The number of ether oxygens (including phenoxy) is 1. The van der Waals surface area contributed by atoms with Crippen molar-refractivity contribution in [3.05, 3.63) is 64.9 Å². The summed E-state index contributed by atoms with van der Waals surface area (Å²) < 4.78 is 64.7. The molecule has 208 valence electrons. The van der Waals surface area contributed by atoms with Crippen molar-refractivity contribution in [2.75, 3.05) is 22.5 Å². The Bertz CT molecular complexity index is 1620. The van der Waals surface area contributed by atoms with Gasteiger partial charge in [0.25, 0.3) is 20.0 Å². The number of amides is 1. The average molecular weight is 608 g/mol. The summed E-state index contributed by atoms with van der Waals surface area (Å²) in [4.78, 5) is 14.1. The third-order valence-corrected chi connectivity index (χ3v) is 12.5. The number of carbonyl (C=O) groups excluding carboxylic acids is 1. The number of benzene rings is 2. The van der Waals surface area contributed by atoms with Crippen LogP contribution in [0.5, 0.6) is 0 Å². The Morgan fingerprint density at radius 3 is 2.28 bits per heavy atom. The molecule has 0 bridgehead atoms. The molecule has 0 aliphatic carbocycles. The van der Waals surface area contributed by atoms with Crippen LogP contribution in [0.4, 0.5) is 16.2 Å². The minimum Gasteiger partial charge on any atom is -0.444 e. The van der Waals surface area contributed by atoms with Gasteiger partial charge in [0, 0.05) is 29.0 Å². The van der Waals surface area contributed by atoms with Crippen molar-refractivity contribution >= 4 is 70.7 Å². The van der Waals surface area contributed by atoms with Crippen LogP contribution < -0.4 is 9.44 Å². The second-order valence-corrected chi connectivity index (χ2v) is 16.6. The Labute approximate surface area is 236 Å². The Morgan fingerprint density at radius 2 is 1.62 bits per heavy atom. The fourth-order valence-electron chi connectivity index (χ4n) is 4.42. The third-order valence-electron chi connectivity index (χ3n) is 6.21. The summed E-state index contributed by atoms with van der Waals surface area (Å²) >= 11 is 2.40. The fraction of sp³-hybridized carbons (Fsp3) is 0.346. The number of thioether (sulfide) groups is 1. The largest absolute Gasteiger partial charge is 0.444 e. The molecule has 2 atom stereocenters. The van der Waals surface area contributed by atoms with E-state index in [1.165, 1.54) is 23.9 Å². The lowest BCUT2D eigenvalue weighted by Gasteiger charge is -2.35. The van der Waals surface area contributed by atoms with Crippen molar-refractivity contribution in [1.82, 2.24) is 4.90 Å². The lowest BCUT2D eigenvalue weighted by molar-refractivity contribution is 0.0193. The van der Waals surface area contributed by atoms with Crippen molar-refractivity contribution in [3.8, 4) is 0 Å². The van der Waals surface area contributed by atoms with Gasteiger partial charge in [-0.15, -0.1) is 23.1 Å². The molecule has 39 heavy (non-hydrogen) atoms. The predicted molar refractivity (Wildman–Crippen MR) is 157 cm³/mol. The molecule has 0 saturated carbocycles. The summed E-state index contributed by atoms with van der Waals surface area (Å²) in [5, 5.41) is 0.839. The van der Waals surface area contributed by atoms with E-state index in [1.54, 1.807) is 49.9 Å². The van der Waals surface area contributed by atoms with Gasteiger partial charge in [0.05, 0.1) is 11.4 Å². The van der Waals surface area contributed by atoms with E-state index in [4.69, 9.17) is 4.74 Å². The van der Waals surface area contributed by atoms with Crippen LogP contribution in [0.3, 0.4) is 0 Å². The highest BCUT2D eigenvalue weighted by Crippen LogP contribution is 2.44. The van der Waals surface area contributed by atoms with Crippen molar-refractivity contribution in [2.24, 2.45) is 5.92 Å². The Balaban J connectivity index is 1.32. The summed E-state index contributed by atoms with van der Waals surface area (Å²) in [7, 11) is -7.95. The van der Waals surface area contributed by atoms with Crippen LogP contribution in [-0.2, 0) is 24.8 Å². The maximum absolute atomic E-state index is 13.4. The third kappa shape index (κ3) is 6.21. The van der Waals surface area contributed by atoms with E-state index in [0.717, 1.165) is 21.4 Å². The first-order valence-electron chi connectivity index (χ1n) is 12.3. The van der Waals surface area contributed by atoms with Gasteiger partial charge in [-0.1, -0.05) is 36.4 Å². The number of sulfonamides is 2. The van der Waals surface area contributed by atoms with E-state index in [9.17, 15) is 21.6 Å². The molecule has 1 fully saturated rings. The molecule has 0 spiro atoms. The molecule has 2 aliphatic rings. The zero-order valence-electron chi connectivity index (χ0n) is 21.6. The molecule has 3 aromatic rings. The number of rotatable bonds is 6. The Kier molecular flexibility index (Phi) is 7.38. The molecule has 1 amide bonds. The first-order valence-corrected chi connectivity index (χ1v) is 17.0. The Hall–Kier alpha value is -2.74. The van der Waals surface area contributed by atoms with Gasteiger partial charge in [-0.2, -0.15) is 0 Å². The number of hydrogen-bond acceptors (Lipinski definition) is 8. The molecule has 13 heteroatoms. The molecular formula is C26H29N3O6S4. The number of thiophene rings is 1. The maximum atomic E-state index is 13.4. The van der Waals surface area contributed by atoms with Crippen LogP contribution >= 0.6 is 23.1 Å². The molecule has 1 aromatic heterocycles. The van der Waals surface area contributed by atoms with Crippen LogP contribution in [0, 0.1) is 5.92 Å². The lowest BCUT2D eigenvalue weighted by atomic mass is 9.98. The number of piperidine rings is 1. The second-order valence-electron chi connectivity index (χ2n) is 10.4. The zero-order chi connectivity index (χ0) is 28.0. The highest BCUT2D eigenvalue weighted by Gasteiger charge is 2.40. The van der Waals surface area contributed by atoms with Crippen molar-refractivity contribution in [3.63, 3.8) is 0 Å². The molecule has 0 radical (unpaired) electrons. The predicted octanol–water partition coefficient (Wildman–Crippen LogP) is 5.66. The van der Waals surface area contributed by atoms with E-state index in [0.29, 0.717) is 19.5 Å². The summed E-state index contributed by atoms with van der Waals surface area (Å²) in [5.74, 6) is -0.135. The highest BCUT2D eigenvalue weighted by molar-refractivity contribution is 8.19. The lowest BCUT2D eigenvalue weighted by Crippen LogP contribution is -2.45. The summed E-state index contributed by atoms with van der Waals surface area (Å²) in [6, 6.07) is 15.2. The monoisotopic (exact) mass is 607 g/mol. The van der Waals surface area contributed by atoms with Crippen LogP contribution in [0.1, 0.15) is 27.2 Å². The SMILES string of the molecule is CC(C)(C)OC(=O)N1CCC2SC(S(=O)(=O)Nc3ccccc3NS(=O)(=O)c3cc4ccccc4s3)=CC2C1. The molecule has 2 N–H and O–H groups in total. The number of fused-ring (bicyclic) bond motifs is 2. The minimum atomic E-state index is -3.99. The summed E-state index contributed by atoms with van der Waals surface area (Å²) in [5.41, 5.74) is -0.372. The molecule has 1 saturated heterocycles. The van der Waals surface area contributed by atoms with Crippen LogP contribution in [0.2, 0.25) is 0 Å². The topological polar surface area (TPSA) is 122 Å². The van der Waals surface area contributed by atoms with E-state index in [-0.39, 0.29) is 31.0 Å².